The van der Waals surface area contributed by atoms with Crippen molar-refractivity contribution in [1.82, 2.24) is 25.2 Å². The van der Waals surface area contributed by atoms with E-state index >= 15 is 0 Å². The summed E-state index contributed by atoms with van der Waals surface area (Å²) in [5.74, 6) is -2.63. The maximum Gasteiger partial charge on any atom is 0.418 e. The Hall–Kier alpha value is -4.02. The number of likely N-dealkylation sites (tertiary alicyclic amines) is 1. The second kappa shape index (κ2) is 15.5. The van der Waals surface area contributed by atoms with Gasteiger partial charge in [-0.3, -0.25) is 14.5 Å². The van der Waals surface area contributed by atoms with Crippen molar-refractivity contribution in [3.8, 4) is 5.88 Å². The van der Waals surface area contributed by atoms with Crippen molar-refractivity contribution in [2.75, 3.05) is 25.5 Å². The average molecular weight is 719 g/mol. The number of likely N-dealkylation sites (N-methyl/N-ethyl adjacent to an activating group) is 1. The van der Waals surface area contributed by atoms with E-state index in [1.807, 2.05) is 11.9 Å². The number of anilines is 2. The third-order valence-corrected chi connectivity index (χ3v) is 9.34. The van der Waals surface area contributed by atoms with Crippen molar-refractivity contribution >= 4 is 34.5 Å². The molecular formula is C33H38F8N6O3. The fourth-order valence-corrected chi connectivity index (χ4v) is 6.63. The summed E-state index contributed by atoms with van der Waals surface area (Å²) in [5.41, 5.74) is -1.16. The molecule has 1 saturated carbocycles. The molecule has 1 aliphatic carbocycles. The lowest BCUT2D eigenvalue weighted by Gasteiger charge is -2.29. The molecule has 3 aromatic rings. The third-order valence-electron chi connectivity index (χ3n) is 9.34. The van der Waals surface area contributed by atoms with Gasteiger partial charge in [0.1, 0.15) is 0 Å². The molecule has 0 spiro atoms. The summed E-state index contributed by atoms with van der Waals surface area (Å²) in [6.07, 6.45) is -8.66. The van der Waals surface area contributed by atoms with Gasteiger partial charge in [-0.05, 0) is 88.2 Å². The van der Waals surface area contributed by atoms with Crippen LogP contribution in [0, 0.1) is 11.8 Å². The first-order valence-corrected chi connectivity index (χ1v) is 16.4. The number of rotatable bonds is 13. The number of benzene rings is 1. The molecule has 50 heavy (non-hydrogen) atoms. The number of hydrogen-bond donors (Lipinski definition) is 3. The van der Waals surface area contributed by atoms with E-state index in [0.717, 1.165) is 19.0 Å². The van der Waals surface area contributed by atoms with Crippen LogP contribution in [-0.4, -0.2) is 70.4 Å². The highest BCUT2D eigenvalue weighted by atomic mass is 19.4. The predicted octanol–water partition coefficient (Wildman–Crippen LogP) is 7.80. The number of halogens is 8. The van der Waals surface area contributed by atoms with Gasteiger partial charge in [-0.1, -0.05) is 12.5 Å². The molecule has 1 atom stereocenters. The van der Waals surface area contributed by atoms with E-state index in [9.17, 15) is 44.7 Å². The van der Waals surface area contributed by atoms with Gasteiger partial charge in [0, 0.05) is 13.0 Å². The fourth-order valence-electron chi connectivity index (χ4n) is 6.63. The van der Waals surface area contributed by atoms with Gasteiger partial charge >= 0.3 is 12.4 Å². The van der Waals surface area contributed by atoms with Crippen molar-refractivity contribution in [2.45, 2.75) is 89.2 Å². The SMILES string of the molecule is CN1CCCC1C(=O)NCc1ccc(C(F)(F)F)c(Nc2nc3nc(OCC(F)F)c(C(=O)CCCC4CCC(C(F)(F)F)CC4)cc3[nH]2)c1. The second-order valence-electron chi connectivity index (χ2n) is 12.9. The standard InChI is InChI=1S/C33H38F8N6O3/c1-47-13-3-5-25(47)29(49)42-16-19-9-12-22(33(39,40)41)23(14-19)43-31-44-24-15-21(30(45-28(24)46-31)50-17-27(34)35)26(48)6-2-4-18-7-10-20(11-8-18)32(36,37)38/h9,12,14-15,18,20,25,27H,2-8,10-11,13,16-17H2,1H3,(H,42,49)(H2,43,44,45,46). The minimum Gasteiger partial charge on any atom is -0.471 e. The molecule has 1 saturated heterocycles. The van der Waals surface area contributed by atoms with Gasteiger partial charge in [0.05, 0.1) is 34.3 Å². The number of ether oxygens (including phenoxy) is 1. The van der Waals surface area contributed by atoms with Gasteiger partial charge in [-0.25, -0.2) is 8.78 Å². The van der Waals surface area contributed by atoms with E-state index in [2.05, 4.69) is 25.6 Å². The molecular weight excluding hydrogens is 680 g/mol. The van der Waals surface area contributed by atoms with Crippen LogP contribution < -0.4 is 15.4 Å². The zero-order valence-corrected chi connectivity index (χ0v) is 27.2. The lowest BCUT2D eigenvalue weighted by atomic mass is 9.79. The Morgan fingerprint density at radius 2 is 1.78 bits per heavy atom. The Morgan fingerprint density at radius 1 is 1.04 bits per heavy atom. The van der Waals surface area contributed by atoms with Crippen LogP contribution in [0.15, 0.2) is 24.3 Å². The van der Waals surface area contributed by atoms with Crippen LogP contribution in [0.2, 0.25) is 0 Å². The maximum absolute atomic E-state index is 14.0. The normalized spacial score (nSPS) is 20.4. The number of pyridine rings is 1. The Bertz CT molecular complexity index is 1650. The molecule has 1 amide bonds. The first-order chi connectivity index (χ1) is 23.6. The van der Waals surface area contributed by atoms with E-state index in [0.29, 0.717) is 37.7 Å². The van der Waals surface area contributed by atoms with E-state index in [1.54, 1.807) is 0 Å². The van der Waals surface area contributed by atoms with Crippen molar-refractivity contribution in [3.05, 3.63) is 41.0 Å². The van der Waals surface area contributed by atoms with Crippen molar-refractivity contribution in [2.24, 2.45) is 11.8 Å². The number of aromatic amines is 1. The monoisotopic (exact) mass is 718 g/mol. The second-order valence-corrected chi connectivity index (χ2v) is 12.9. The van der Waals surface area contributed by atoms with Crippen LogP contribution in [0.4, 0.5) is 46.8 Å². The number of carbonyl (C=O) groups excluding carboxylic acids is 2. The Labute approximate surface area is 282 Å². The molecule has 2 fully saturated rings. The lowest BCUT2D eigenvalue weighted by molar-refractivity contribution is -0.184. The zero-order chi connectivity index (χ0) is 36.2. The molecule has 274 valence electrons. The third kappa shape index (κ3) is 9.40. The molecule has 5 rings (SSSR count). The highest BCUT2D eigenvalue weighted by Gasteiger charge is 2.41. The summed E-state index contributed by atoms with van der Waals surface area (Å²) >= 11 is 0. The molecule has 1 aliphatic heterocycles. The topological polar surface area (TPSA) is 112 Å². The van der Waals surface area contributed by atoms with Gasteiger partial charge < -0.3 is 20.4 Å². The molecule has 2 aliphatic rings. The molecule has 9 nitrogen and oxygen atoms in total. The predicted molar refractivity (Wildman–Crippen MR) is 167 cm³/mol. The number of aromatic nitrogens is 3. The summed E-state index contributed by atoms with van der Waals surface area (Å²) < 4.78 is 112. The van der Waals surface area contributed by atoms with Crippen LogP contribution in [0.1, 0.15) is 79.3 Å². The van der Waals surface area contributed by atoms with Crippen LogP contribution in [0.25, 0.3) is 11.2 Å². The van der Waals surface area contributed by atoms with Crippen LogP contribution in [-0.2, 0) is 17.5 Å². The zero-order valence-electron chi connectivity index (χ0n) is 27.2. The Kier molecular flexibility index (Phi) is 11.5. The summed E-state index contributed by atoms with van der Waals surface area (Å²) in [6.45, 7) is -0.332. The molecule has 3 heterocycles. The number of nitrogens with one attached hydrogen (secondary N) is 3. The summed E-state index contributed by atoms with van der Waals surface area (Å²) in [6, 6.07) is 4.31. The average Bonchev–Trinajstić information content (AvgIpc) is 3.66. The number of nitrogens with zero attached hydrogens (tertiary/aromatic N) is 3. The Balaban J connectivity index is 1.31. The molecule has 1 aromatic carbocycles. The number of Topliss-reactive ketones (excluding diaryl/α,β-unsaturated/α-hetero) is 1. The smallest absolute Gasteiger partial charge is 0.418 e. The van der Waals surface area contributed by atoms with E-state index in [4.69, 9.17) is 4.74 Å². The van der Waals surface area contributed by atoms with Crippen molar-refractivity contribution in [3.63, 3.8) is 0 Å². The molecule has 2 aromatic heterocycles. The number of amides is 1. The fraction of sp³-hybridized carbons (Fsp3) is 0.576. The summed E-state index contributed by atoms with van der Waals surface area (Å²) in [5, 5.41) is 5.36. The van der Waals surface area contributed by atoms with E-state index in [-0.39, 0.29) is 72.0 Å². The largest absolute Gasteiger partial charge is 0.471 e. The van der Waals surface area contributed by atoms with Gasteiger partial charge in [-0.2, -0.15) is 36.3 Å². The molecule has 0 radical (unpaired) electrons. The number of alkyl halides is 8. The summed E-state index contributed by atoms with van der Waals surface area (Å²) in [7, 11) is 1.82. The van der Waals surface area contributed by atoms with Gasteiger partial charge in [0.15, 0.2) is 18.0 Å². The van der Waals surface area contributed by atoms with Crippen LogP contribution in [0.5, 0.6) is 5.88 Å². The number of ketones is 1. The van der Waals surface area contributed by atoms with E-state index < -0.39 is 48.5 Å². The van der Waals surface area contributed by atoms with Gasteiger partial charge in [0.25, 0.3) is 6.43 Å². The number of imidazole rings is 1. The Morgan fingerprint density at radius 3 is 2.42 bits per heavy atom. The number of fused-ring (bicyclic) bond motifs is 1. The molecule has 17 heteroatoms. The lowest BCUT2D eigenvalue weighted by Crippen LogP contribution is -2.41. The van der Waals surface area contributed by atoms with Gasteiger partial charge in [-0.15, -0.1) is 0 Å². The van der Waals surface area contributed by atoms with Crippen LogP contribution in [0.3, 0.4) is 0 Å². The highest BCUT2D eigenvalue weighted by molar-refractivity contribution is 6.00. The number of hydrogen-bond acceptors (Lipinski definition) is 7. The first kappa shape index (κ1) is 37.2. The molecule has 3 N–H and O–H groups in total. The number of carbonyl (C=O) groups is 2. The van der Waals surface area contributed by atoms with E-state index in [1.165, 1.54) is 18.2 Å². The van der Waals surface area contributed by atoms with Crippen LogP contribution >= 0.6 is 0 Å². The minimum atomic E-state index is -4.76. The van der Waals surface area contributed by atoms with Crippen molar-refractivity contribution in [1.29, 1.82) is 0 Å². The minimum absolute atomic E-state index is 0.0250. The summed E-state index contributed by atoms with van der Waals surface area (Å²) in [4.78, 5) is 38.8. The number of H-pyrrole nitrogens is 1. The maximum atomic E-state index is 14.0. The first-order valence-electron chi connectivity index (χ1n) is 16.4. The molecule has 0 bridgehead atoms. The highest BCUT2D eigenvalue weighted by Crippen LogP contribution is 2.41. The van der Waals surface area contributed by atoms with Gasteiger partial charge in [0.2, 0.25) is 17.7 Å². The quantitative estimate of drug-likeness (QED) is 0.122. The molecule has 1 unspecified atom stereocenters. The van der Waals surface area contributed by atoms with Crippen molar-refractivity contribution < 1.29 is 49.4 Å².